The van der Waals surface area contributed by atoms with E-state index in [0.29, 0.717) is 36.7 Å². The maximum atomic E-state index is 14.0. The third kappa shape index (κ3) is 5.23. The highest BCUT2D eigenvalue weighted by molar-refractivity contribution is 7.09. The minimum atomic E-state index is -0.370. The van der Waals surface area contributed by atoms with Crippen molar-refractivity contribution in [2.45, 2.75) is 25.9 Å². The quantitative estimate of drug-likeness (QED) is 0.328. The van der Waals surface area contributed by atoms with Crippen LogP contribution in [0.2, 0.25) is 0 Å². The number of methoxy groups -OCH3 is 1. The molecule has 2 aromatic carbocycles. The number of thiophene rings is 1. The smallest absolute Gasteiger partial charge is 0.223 e. The van der Waals surface area contributed by atoms with E-state index in [2.05, 4.69) is 4.98 Å². The first-order valence-corrected chi connectivity index (χ1v) is 11.1. The predicted molar refractivity (Wildman–Crippen MR) is 122 cm³/mol. The number of rotatable bonds is 9. The summed E-state index contributed by atoms with van der Waals surface area (Å²) in [4.78, 5) is 20.3. The Morgan fingerprint density at radius 2 is 1.91 bits per heavy atom. The summed E-state index contributed by atoms with van der Waals surface area (Å²) in [6.07, 6.45) is 2.06. The number of carbonyl (C=O) groups is 1. The Bertz CT molecular complexity index is 1170. The zero-order chi connectivity index (χ0) is 22.3. The first-order chi connectivity index (χ1) is 15.6. The molecular weight excluding hydrogens is 427 g/mol. The number of carbonyl (C=O) groups excluding carboxylic acids is 1. The number of hydrogen-bond acceptors (Lipinski definition) is 5. The summed E-state index contributed by atoms with van der Waals surface area (Å²) in [7, 11) is 1.62. The lowest BCUT2D eigenvalue weighted by Crippen LogP contribution is -2.30. The van der Waals surface area contributed by atoms with Crippen LogP contribution in [0.15, 0.2) is 76.7 Å². The summed E-state index contributed by atoms with van der Waals surface area (Å²) < 4.78 is 25.2. The van der Waals surface area contributed by atoms with Gasteiger partial charge in [0.1, 0.15) is 11.6 Å². The molecule has 164 valence electrons. The van der Waals surface area contributed by atoms with Crippen molar-refractivity contribution >= 4 is 17.2 Å². The summed E-state index contributed by atoms with van der Waals surface area (Å²) in [5, 5.41) is 2.00. The molecule has 1 amide bonds. The summed E-state index contributed by atoms with van der Waals surface area (Å²) in [6.45, 7) is 0.952. The Labute approximate surface area is 190 Å². The molecule has 0 spiro atoms. The van der Waals surface area contributed by atoms with Crippen molar-refractivity contribution in [1.82, 2.24) is 9.88 Å². The summed E-state index contributed by atoms with van der Waals surface area (Å²) in [5.41, 5.74) is 1.30. The van der Waals surface area contributed by atoms with E-state index in [1.54, 1.807) is 36.6 Å². The van der Waals surface area contributed by atoms with Crippen molar-refractivity contribution in [3.05, 3.63) is 94.4 Å². The van der Waals surface area contributed by atoms with Gasteiger partial charge in [0.2, 0.25) is 5.91 Å². The Morgan fingerprint density at radius 3 is 2.69 bits per heavy atom. The number of para-hydroxylation sites is 1. The normalized spacial score (nSPS) is 10.8. The van der Waals surface area contributed by atoms with Gasteiger partial charge < -0.3 is 14.1 Å². The third-order valence-electron chi connectivity index (χ3n) is 5.08. The monoisotopic (exact) mass is 450 g/mol. The Kier molecular flexibility index (Phi) is 6.97. The van der Waals surface area contributed by atoms with E-state index in [9.17, 15) is 9.18 Å². The molecule has 0 aliphatic heterocycles. The highest BCUT2D eigenvalue weighted by Crippen LogP contribution is 2.25. The van der Waals surface area contributed by atoms with Gasteiger partial charge in [0.15, 0.2) is 11.7 Å². The third-order valence-corrected chi connectivity index (χ3v) is 5.94. The second-order valence-electron chi connectivity index (χ2n) is 7.24. The fourth-order valence-electron chi connectivity index (χ4n) is 3.45. The van der Waals surface area contributed by atoms with Gasteiger partial charge in [0.25, 0.3) is 0 Å². The van der Waals surface area contributed by atoms with Crippen LogP contribution < -0.4 is 4.74 Å². The molecule has 0 aliphatic carbocycles. The van der Waals surface area contributed by atoms with Crippen molar-refractivity contribution < 1.29 is 18.3 Å². The van der Waals surface area contributed by atoms with E-state index in [-0.39, 0.29) is 18.1 Å². The number of benzene rings is 2. The van der Waals surface area contributed by atoms with Gasteiger partial charge in [0, 0.05) is 29.8 Å². The maximum absolute atomic E-state index is 14.0. The number of nitrogens with zero attached hydrogens (tertiary/aromatic N) is 2. The summed E-state index contributed by atoms with van der Waals surface area (Å²) >= 11 is 1.61. The van der Waals surface area contributed by atoms with E-state index >= 15 is 0 Å². The number of ether oxygens (including phenoxy) is 1. The molecule has 5 nitrogen and oxygen atoms in total. The maximum Gasteiger partial charge on any atom is 0.223 e. The Morgan fingerprint density at radius 1 is 1.09 bits per heavy atom. The van der Waals surface area contributed by atoms with E-state index in [4.69, 9.17) is 9.15 Å². The molecule has 0 radical (unpaired) electrons. The van der Waals surface area contributed by atoms with Gasteiger partial charge in [-0.05, 0) is 29.6 Å². The van der Waals surface area contributed by atoms with E-state index in [1.165, 1.54) is 12.3 Å². The second-order valence-corrected chi connectivity index (χ2v) is 8.27. The van der Waals surface area contributed by atoms with Crippen LogP contribution in [0.3, 0.4) is 0 Å². The summed E-state index contributed by atoms with van der Waals surface area (Å²) in [5.74, 6) is 1.12. The van der Waals surface area contributed by atoms with Gasteiger partial charge >= 0.3 is 0 Å². The summed E-state index contributed by atoms with van der Waals surface area (Å²) in [6, 6.07) is 18.1. The van der Waals surface area contributed by atoms with E-state index < -0.39 is 0 Å². The van der Waals surface area contributed by atoms with Gasteiger partial charge in [-0.3, -0.25) is 4.79 Å². The first kappa shape index (κ1) is 21.8. The van der Waals surface area contributed by atoms with Crippen LogP contribution >= 0.6 is 11.3 Å². The average molecular weight is 451 g/mol. The molecule has 0 bridgehead atoms. The first-order valence-electron chi connectivity index (χ1n) is 10.3. The van der Waals surface area contributed by atoms with Crippen molar-refractivity contribution in [2.24, 2.45) is 0 Å². The van der Waals surface area contributed by atoms with Gasteiger partial charge in [0.05, 0.1) is 25.4 Å². The minimum Gasteiger partial charge on any atom is -0.496 e. The molecule has 4 rings (SSSR count). The lowest BCUT2D eigenvalue weighted by Gasteiger charge is -2.23. The zero-order valence-corrected chi connectivity index (χ0v) is 18.5. The molecule has 32 heavy (non-hydrogen) atoms. The number of oxazole rings is 1. The fraction of sp³-hybridized carbons (Fsp3) is 0.200. The molecule has 4 aromatic rings. The van der Waals surface area contributed by atoms with Crippen molar-refractivity contribution in [1.29, 1.82) is 0 Å². The molecule has 0 aliphatic rings. The lowest BCUT2D eigenvalue weighted by molar-refractivity contribution is -0.132. The van der Waals surface area contributed by atoms with E-state index in [0.717, 1.165) is 16.2 Å². The van der Waals surface area contributed by atoms with Gasteiger partial charge in [-0.15, -0.1) is 11.3 Å². The Hall–Kier alpha value is -3.45. The topological polar surface area (TPSA) is 55.6 Å². The van der Waals surface area contributed by atoms with Crippen molar-refractivity contribution in [3.63, 3.8) is 0 Å². The number of hydrogen-bond donors (Lipinski definition) is 0. The SMILES string of the molecule is COc1ccccc1CN(Cc1cccs1)C(=O)CCc1ncc(-c2ccccc2F)o1. The Balaban J connectivity index is 1.46. The van der Waals surface area contributed by atoms with Crippen LogP contribution in [0, 0.1) is 5.82 Å². The lowest BCUT2D eigenvalue weighted by atomic mass is 10.1. The van der Waals surface area contributed by atoms with Gasteiger partial charge in [-0.25, -0.2) is 9.37 Å². The molecule has 7 heteroatoms. The average Bonchev–Trinajstić information content (AvgIpc) is 3.50. The van der Waals surface area contributed by atoms with Crippen molar-refractivity contribution in [3.8, 4) is 17.1 Å². The molecule has 2 heterocycles. The minimum absolute atomic E-state index is 0.0186. The molecule has 0 saturated heterocycles. The van der Waals surface area contributed by atoms with Crippen LogP contribution in [0.25, 0.3) is 11.3 Å². The highest BCUT2D eigenvalue weighted by Gasteiger charge is 2.19. The number of halogens is 1. The molecule has 0 atom stereocenters. The molecular formula is C25H23FN2O3S. The molecule has 2 aromatic heterocycles. The van der Waals surface area contributed by atoms with Gasteiger partial charge in [-0.1, -0.05) is 36.4 Å². The van der Waals surface area contributed by atoms with Crippen molar-refractivity contribution in [2.75, 3.05) is 7.11 Å². The molecule has 0 N–H and O–H groups in total. The number of amides is 1. The fourth-order valence-corrected chi connectivity index (χ4v) is 4.16. The zero-order valence-electron chi connectivity index (χ0n) is 17.7. The number of aromatic nitrogens is 1. The highest BCUT2D eigenvalue weighted by atomic mass is 32.1. The second kappa shape index (κ2) is 10.2. The van der Waals surface area contributed by atoms with Crippen LogP contribution in [-0.4, -0.2) is 22.9 Å². The standard InChI is InChI=1S/C25H23FN2O3S/c1-30-22-11-5-2-7-18(22)16-28(17-19-8-6-14-32-19)25(29)13-12-24-27-15-23(31-24)20-9-3-4-10-21(20)26/h2-11,14-15H,12-13,16-17H2,1H3. The molecule has 0 fully saturated rings. The predicted octanol–water partition coefficient (Wildman–Crippen LogP) is 5.71. The van der Waals surface area contributed by atoms with Crippen LogP contribution in [0.1, 0.15) is 22.8 Å². The molecule has 0 unspecified atom stereocenters. The van der Waals surface area contributed by atoms with Crippen LogP contribution in [0.4, 0.5) is 4.39 Å². The largest absolute Gasteiger partial charge is 0.496 e. The van der Waals surface area contributed by atoms with E-state index in [1.807, 2.05) is 46.7 Å². The number of aryl methyl sites for hydroxylation is 1. The van der Waals surface area contributed by atoms with Crippen LogP contribution in [-0.2, 0) is 24.3 Å². The van der Waals surface area contributed by atoms with Gasteiger partial charge in [-0.2, -0.15) is 0 Å². The van der Waals surface area contributed by atoms with Crippen LogP contribution in [0.5, 0.6) is 5.75 Å². The molecule has 0 saturated carbocycles.